The molecule has 0 radical (unpaired) electrons. The average Bonchev–Trinajstić information content (AvgIpc) is 2.80. The number of anilines is 1. The molecule has 0 saturated carbocycles. The van der Waals surface area contributed by atoms with E-state index in [4.69, 9.17) is 21.1 Å². The van der Waals surface area contributed by atoms with Crippen molar-refractivity contribution in [2.24, 2.45) is 0 Å². The van der Waals surface area contributed by atoms with Crippen LogP contribution < -0.4 is 14.8 Å². The number of hydrogen-bond donors (Lipinski definition) is 1. The summed E-state index contributed by atoms with van der Waals surface area (Å²) in [7, 11) is 1.45. The van der Waals surface area contributed by atoms with Crippen molar-refractivity contribution in [1.29, 1.82) is 0 Å². The Bertz CT molecular complexity index is 932. The summed E-state index contributed by atoms with van der Waals surface area (Å²) in [4.78, 5) is 27.7. The predicted molar refractivity (Wildman–Crippen MR) is 123 cm³/mol. The number of nitrogens with one attached hydrogen (secondary N) is 1. The number of halogens is 1. The zero-order chi connectivity index (χ0) is 23.1. The van der Waals surface area contributed by atoms with Gasteiger partial charge in [0.15, 0.2) is 0 Å². The van der Waals surface area contributed by atoms with Crippen molar-refractivity contribution >= 4 is 28.9 Å². The van der Waals surface area contributed by atoms with E-state index >= 15 is 0 Å². The van der Waals surface area contributed by atoms with E-state index in [1.165, 1.54) is 25.3 Å². The minimum Gasteiger partial charge on any atom is -0.495 e. The molecule has 1 aliphatic heterocycles. The van der Waals surface area contributed by atoms with Gasteiger partial charge in [0.2, 0.25) is 5.91 Å². The third-order valence-corrected chi connectivity index (χ3v) is 5.73. The predicted octanol–water partition coefficient (Wildman–Crippen LogP) is 3.28. The number of nitro benzene ring substituents is 1. The molecule has 1 saturated heterocycles. The van der Waals surface area contributed by atoms with Crippen LogP contribution in [-0.4, -0.2) is 73.1 Å². The van der Waals surface area contributed by atoms with Crippen LogP contribution in [0.15, 0.2) is 42.5 Å². The average molecular weight is 463 g/mol. The van der Waals surface area contributed by atoms with Crippen molar-refractivity contribution in [3.8, 4) is 11.5 Å². The summed E-state index contributed by atoms with van der Waals surface area (Å²) in [6.45, 7) is 6.32. The van der Waals surface area contributed by atoms with Gasteiger partial charge >= 0.3 is 0 Å². The van der Waals surface area contributed by atoms with Crippen molar-refractivity contribution in [2.75, 3.05) is 51.8 Å². The van der Waals surface area contributed by atoms with Gasteiger partial charge in [0.05, 0.1) is 23.8 Å². The van der Waals surface area contributed by atoms with Crippen LogP contribution in [0.1, 0.15) is 6.92 Å². The summed E-state index contributed by atoms with van der Waals surface area (Å²) >= 11 is 5.88. The number of non-ortho nitro benzene ring substituents is 1. The third kappa shape index (κ3) is 6.32. The second-order valence-corrected chi connectivity index (χ2v) is 7.92. The van der Waals surface area contributed by atoms with E-state index in [0.29, 0.717) is 17.4 Å². The van der Waals surface area contributed by atoms with Gasteiger partial charge in [-0.3, -0.25) is 24.7 Å². The Morgan fingerprint density at radius 1 is 1.19 bits per heavy atom. The Labute approximate surface area is 192 Å². The Kier molecular flexibility index (Phi) is 8.26. The van der Waals surface area contributed by atoms with Gasteiger partial charge in [-0.25, -0.2) is 0 Å². The highest BCUT2D eigenvalue weighted by molar-refractivity contribution is 6.30. The lowest BCUT2D eigenvalue weighted by Gasteiger charge is -2.37. The molecule has 1 fully saturated rings. The molecule has 0 aromatic heterocycles. The van der Waals surface area contributed by atoms with E-state index in [2.05, 4.69) is 15.1 Å². The molecular weight excluding hydrogens is 436 g/mol. The summed E-state index contributed by atoms with van der Waals surface area (Å²) in [6.07, 6.45) is 0. The van der Waals surface area contributed by atoms with Crippen LogP contribution in [0.25, 0.3) is 0 Å². The van der Waals surface area contributed by atoms with Crippen LogP contribution >= 0.6 is 11.6 Å². The number of carbonyl (C=O) groups excluding carboxylic acids is 1. The van der Waals surface area contributed by atoms with Crippen molar-refractivity contribution in [3.05, 3.63) is 57.6 Å². The zero-order valence-corrected chi connectivity index (χ0v) is 18.9. The molecular formula is C22H27ClN4O5. The van der Waals surface area contributed by atoms with Crippen LogP contribution in [0.5, 0.6) is 11.5 Å². The molecule has 0 bridgehead atoms. The molecule has 2 aromatic rings. The van der Waals surface area contributed by atoms with Crippen LogP contribution in [0.2, 0.25) is 5.02 Å². The number of ether oxygens (including phenoxy) is 2. The lowest BCUT2D eigenvalue weighted by molar-refractivity contribution is -0.384. The maximum Gasteiger partial charge on any atom is 0.271 e. The summed E-state index contributed by atoms with van der Waals surface area (Å²) in [5.41, 5.74) is 0.180. The number of benzene rings is 2. The Hall–Kier alpha value is -2.88. The molecule has 1 atom stereocenters. The summed E-state index contributed by atoms with van der Waals surface area (Å²) in [5, 5.41) is 14.5. The van der Waals surface area contributed by atoms with Crippen molar-refractivity contribution in [1.82, 2.24) is 9.80 Å². The summed E-state index contributed by atoms with van der Waals surface area (Å²) < 4.78 is 11.0. The molecule has 9 nitrogen and oxygen atoms in total. The van der Waals surface area contributed by atoms with Gasteiger partial charge in [0.25, 0.3) is 5.69 Å². The molecule has 1 amide bonds. The molecule has 10 heteroatoms. The highest BCUT2D eigenvalue weighted by atomic mass is 35.5. The van der Waals surface area contributed by atoms with Gasteiger partial charge in [0, 0.05) is 49.9 Å². The van der Waals surface area contributed by atoms with Gasteiger partial charge in [-0.2, -0.15) is 0 Å². The monoisotopic (exact) mass is 462 g/mol. The summed E-state index contributed by atoms with van der Waals surface area (Å²) in [5.74, 6) is 0.930. The Morgan fingerprint density at radius 2 is 1.88 bits per heavy atom. The first-order valence-electron chi connectivity index (χ1n) is 10.4. The van der Waals surface area contributed by atoms with Gasteiger partial charge in [-0.1, -0.05) is 11.6 Å². The maximum absolute atomic E-state index is 12.8. The van der Waals surface area contributed by atoms with Crippen molar-refractivity contribution in [3.63, 3.8) is 0 Å². The van der Waals surface area contributed by atoms with Crippen LogP contribution in [0.4, 0.5) is 11.4 Å². The van der Waals surface area contributed by atoms with Crippen molar-refractivity contribution in [2.45, 2.75) is 13.0 Å². The molecule has 0 spiro atoms. The first-order chi connectivity index (χ1) is 15.4. The molecule has 1 N–H and O–H groups in total. The third-order valence-electron chi connectivity index (χ3n) is 5.48. The number of hydrogen-bond acceptors (Lipinski definition) is 7. The lowest BCUT2D eigenvalue weighted by atomic mass is 10.2. The number of rotatable bonds is 9. The van der Waals surface area contributed by atoms with Gasteiger partial charge in [0.1, 0.15) is 18.1 Å². The molecule has 3 rings (SSSR count). The fourth-order valence-corrected chi connectivity index (χ4v) is 3.63. The number of carbonyl (C=O) groups is 1. The minimum absolute atomic E-state index is 0.108. The number of nitro groups is 1. The van der Waals surface area contributed by atoms with E-state index in [1.807, 2.05) is 19.1 Å². The minimum atomic E-state index is -0.506. The van der Waals surface area contributed by atoms with Crippen LogP contribution in [-0.2, 0) is 4.79 Å². The molecule has 1 aliphatic rings. The fourth-order valence-electron chi connectivity index (χ4n) is 3.51. The SMILES string of the molecule is COc1ccc([N+](=O)[O-])cc1NC(=O)C(C)N1CCN(CCOc2ccc(Cl)cc2)CC1. The zero-order valence-electron chi connectivity index (χ0n) is 18.1. The Morgan fingerprint density at radius 3 is 2.50 bits per heavy atom. The largest absolute Gasteiger partial charge is 0.495 e. The lowest BCUT2D eigenvalue weighted by Crippen LogP contribution is -2.53. The second-order valence-electron chi connectivity index (χ2n) is 7.49. The van der Waals surface area contributed by atoms with Crippen molar-refractivity contribution < 1.29 is 19.2 Å². The quantitative estimate of drug-likeness (QED) is 0.451. The fraction of sp³-hybridized carbons (Fsp3) is 0.409. The molecule has 2 aromatic carbocycles. The second kappa shape index (κ2) is 11.1. The molecule has 1 heterocycles. The molecule has 0 aliphatic carbocycles. The molecule has 32 heavy (non-hydrogen) atoms. The number of amides is 1. The van der Waals surface area contributed by atoms with E-state index in [1.54, 1.807) is 12.1 Å². The van der Waals surface area contributed by atoms with E-state index < -0.39 is 4.92 Å². The van der Waals surface area contributed by atoms with E-state index in [-0.39, 0.29) is 23.3 Å². The van der Waals surface area contributed by atoms with Crippen LogP contribution in [0.3, 0.4) is 0 Å². The maximum atomic E-state index is 12.8. The first kappa shape index (κ1) is 23.8. The number of nitrogens with zero attached hydrogens (tertiary/aromatic N) is 3. The highest BCUT2D eigenvalue weighted by Gasteiger charge is 2.26. The van der Waals surface area contributed by atoms with E-state index in [0.717, 1.165) is 38.5 Å². The summed E-state index contributed by atoms with van der Waals surface area (Å²) in [6, 6.07) is 11.0. The highest BCUT2D eigenvalue weighted by Crippen LogP contribution is 2.29. The topological polar surface area (TPSA) is 97.2 Å². The molecule has 172 valence electrons. The smallest absolute Gasteiger partial charge is 0.271 e. The number of piperazine rings is 1. The Balaban J connectivity index is 1.47. The number of methoxy groups -OCH3 is 1. The first-order valence-corrected chi connectivity index (χ1v) is 10.7. The standard InChI is InChI=1S/C22H27ClN4O5/c1-16(22(28)24-20-15-18(27(29)30)5-8-21(20)31-2)26-11-9-25(10-12-26)13-14-32-19-6-3-17(23)4-7-19/h3-8,15-16H,9-14H2,1-2H3,(H,24,28). The molecule has 1 unspecified atom stereocenters. The van der Waals surface area contributed by atoms with Gasteiger partial charge in [-0.05, 0) is 37.3 Å². The van der Waals surface area contributed by atoms with E-state index in [9.17, 15) is 14.9 Å². The van der Waals surface area contributed by atoms with Crippen LogP contribution in [0, 0.1) is 10.1 Å². The van der Waals surface area contributed by atoms with Gasteiger partial charge in [-0.15, -0.1) is 0 Å². The van der Waals surface area contributed by atoms with Gasteiger partial charge < -0.3 is 14.8 Å². The normalized spacial score (nSPS) is 15.7.